The molecular formula is C14H23N7O2S. The van der Waals surface area contributed by atoms with Crippen molar-refractivity contribution in [1.29, 1.82) is 0 Å². The maximum absolute atomic E-state index is 12.3. The summed E-state index contributed by atoms with van der Waals surface area (Å²) in [5, 5.41) is 9.69. The second-order valence-electron chi connectivity index (χ2n) is 5.64. The van der Waals surface area contributed by atoms with E-state index in [0.717, 1.165) is 5.82 Å². The van der Waals surface area contributed by atoms with Crippen LogP contribution in [0, 0.1) is 20.8 Å². The second-order valence-corrected chi connectivity index (χ2v) is 7.34. The van der Waals surface area contributed by atoms with Crippen molar-refractivity contribution in [2.45, 2.75) is 25.7 Å². The molecule has 2 aromatic rings. The lowest BCUT2D eigenvalue weighted by Gasteiger charge is -2.14. The first-order chi connectivity index (χ1) is 11.2. The van der Waals surface area contributed by atoms with Crippen molar-refractivity contribution in [2.75, 3.05) is 37.4 Å². The highest BCUT2D eigenvalue weighted by Gasteiger charge is 2.21. The molecule has 0 unspecified atom stereocenters. The number of aromatic amines is 1. The highest BCUT2D eigenvalue weighted by Crippen LogP contribution is 2.16. The van der Waals surface area contributed by atoms with Crippen LogP contribution in [0.3, 0.4) is 0 Å². The van der Waals surface area contributed by atoms with E-state index in [-0.39, 0.29) is 11.4 Å². The van der Waals surface area contributed by atoms with Crippen LogP contribution in [0.15, 0.2) is 11.0 Å². The minimum atomic E-state index is -3.59. The fourth-order valence-corrected chi connectivity index (χ4v) is 3.65. The van der Waals surface area contributed by atoms with E-state index in [4.69, 9.17) is 0 Å². The molecule has 0 radical (unpaired) electrons. The first-order valence-electron chi connectivity index (χ1n) is 7.49. The molecule has 3 N–H and O–H groups in total. The van der Waals surface area contributed by atoms with Crippen LogP contribution in [0.1, 0.15) is 17.2 Å². The van der Waals surface area contributed by atoms with E-state index in [9.17, 15) is 8.42 Å². The van der Waals surface area contributed by atoms with E-state index in [1.807, 2.05) is 32.0 Å². The number of hydrogen-bond acceptors (Lipinski definition) is 7. The fraction of sp³-hybridized carbons (Fsp3) is 0.500. The quantitative estimate of drug-likeness (QED) is 0.624. The average Bonchev–Trinajstić information content (AvgIpc) is 2.83. The molecule has 0 atom stereocenters. The Morgan fingerprint density at radius 1 is 1.17 bits per heavy atom. The second kappa shape index (κ2) is 7.14. The molecule has 0 bridgehead atoms. The number of hydrogen-bond donors (Lipinski definition) is 3. The standard InChI is InChI=1S/C14H23N7O2S/c1-9-14(10(2)20-19-9)24(22,23)16-7-6-15-12-8-13(21(4)5)18-11(3)17-12/h8,16H,6-7H2,1-5H3,(H,19,20)(H,15,17,18). The summed E-state index contributed by atoms with van der Waals surface area (Å²) in [5.74, 6) is 2.09. The third-order valence-electron chi connectivity index (χ3n) is 3.34. The lowest BCUT2D eigenvalue weighted by molar-refractivity contribution is 0.581. The highest BCUT2D eigenvalue weighted by atomic mass is 32.2. The predicted octanol–water partition coefficient (Wildman–Crippen LogP) is 0.581. The van der Waals surface area contributed by atoms with E-state index >= 15 is 0 Å². The van der Waals surface area contributed by atoms with Crippen LogP contribution < -0.4 is 14.9 Å². The van der Waals surface area contributed by atoms with Crippen molar-refractivity contribution in [3.05, 3.63) is 23.3 Å². The van der Waals surface area contributed by atoms with Crippen molar-refractivity contribution in [1.82, 2.24) is 24.9 Å². The summed E-state index contributed by atoms with van der Waals surface area (Å²) in [5.41, 5.74) is 0.977. The number of aryl methyl sites for hydroxylation is 3. The molecule has 9 nitrogen and oxygen atoms in total. The average molecular weight is 353 g/mol. The Labute approximate surface area is 141 Å². The fourth-order valence-electron chi connectivity index (χ4n) is 2.26. The summed E-state index contributed by atoms with van der Waals surface area (Å²) < 4.78 is 27.2. The highest BCUT2D eigenvalue weighted by molar-refractivity contribution is 7.89. The van der Waals surface area contributed by atoms with E-state index in [2.05, 4.69) is 30.2 Å². The number of H-pyrrole nitrogens is 1. The van der Waals surface area contributed by atoms with E-state index in [1.54, 1.807) is 13.8 Å². The topological polar surface area (TPSA) is 116 Å². The molecule has 132 valence electrons. The molecule has 0 saturated heterocycles. The Hall–Kier alpha value is -2.20. The van der Waals surface area contributed by atoms with Gasteiger partial charge in [-0.1, -0.05) is 0 Å². The van der Waals surface area contributed by atoms with Gasteiger partial charge in [0.15, 0.2) is 0 Å². The van der Waals surface area contributed by atoms with Crippen molar-refractivity contribution >= 4 is 21.7 Å². The van der Waals surface area contributed by atoms with Gasteiger partial charge in [0.2, 0.25) is 10.0 Å². The lowest BCUT2D eigenvalue weighted by Crippen LogP contribution is -2.29. The van der Waals surface area contributed by atoms with Gasteiger partial charge in [-0.15, -0.1) is 0 Å². The zero-order valence-corrected chi connectivity index (χ0v) is 15.3. The van der Waals surface area contributed by atoms with Gasteiger partial charge in [-0.05, 0) is 20.8 Å². The molecule has 2 rings (SSSR count). The summed E-state index contributed by atoms with van der Waals surface area (Å²) in [6.07, 6.45) is 0. The van der Waals surface area contributed by atoms with Gasteiger partial charge in [0.1, 0.15) is 22.4 Å². The van der Waals surface area contributed by atoms with Gasteiger partial charge in [-0.2, -0.15) is 5.10 Å². The first kappa shape index (κ1) is 18.1. The molecule has 0 aromatic carbocycles. The molecule has 0 saturated carbocycles. The predicted molar refractivity (Wildman–Crippen MR) is 92.8 cm³/mol. The molecule has 10 heteroatoms. The minimum absolute atomic E-state index is 0.204. The van der Waals surface area contributed by atoms with Crippen molar-refractivity contribution in [3.8, 4) is 0 Å². The van der Waals surface area contributed by atoms with Gasteiger partial charge >= 0.3 is 0 Å². The van der Waals surface area contributed by atoms with Gasteiger partial charge in [-0.25, -0.2) is 23.1 Å². The molecular weight excluding hydrogens is 330 g/mol. The third-order valence-corrected chi connectivity index (χ3v) is 5.06. The number of anilines is 2. The van der Waals surface area contributed by atoms with E-state index in [0.29, 0.717) is 29.6 Å². The summed E-state index contributed by atoms with van der Waals surface area (Å²) >= 11 is 0. The summed E-state index contributed by atoms with van der Waals surface area (Å²) in [6.45, 7) is 5.78. The number of sulfonamides is 1. The zero-order valence-electron chi connectivity index (χ0n) is 14.5. The molecule has 2 aromatic heterocycles. The van der Waals surface area contributed by atoms with Crippen molar-refractivity contribution in [2.24, 2.45) is 0 Å². The first-order valence-corrected chi connectivity index (χ1v) is 8.97. The SMILES string of the molecule is Cc1nc(NCCNS(=O)(=O)c2c(C)n[nH]c2C)cc(N(C)C)n1. The van der Waals surface area contributed by atoms with Crippen molar-refractivity contribution < 1.29 is 8.42 Å². The smallest absolute Gasteiger partial charge is 0.244 e. The molecule has 0 aliphatic heterocycles. The number of nitrogens with one attached hydrogen (secondary N) is 3. The Morgan fingerprint density at radius 2 is 1.88 bits per heavy atom. The van der Waals surface area contributed by atoms with Crippen LogP contribution in [0.2, 0.25) is 0 Å². The maximum atomic E-state index is 12.3. The largest absolute Gasteiger partial charge is 0.369 e. The normalized spacial score (nSPS) is 11.5. The van der Waals surface area contributed by atoms with Crippen molar-refractivity contribution in [3.63, 3.8) is 0 Å². The number of aromatic nitrogens is 4. The molecule has 0 fully saturated rings. The van der Waals surface area contributed by atoms with Crippen LogP contribution in [0.5, 0.6) is 0 Å². The maximum Gasteiger partial charge on any atom is 0.244 e. The molecule has 24 heavy (non-hydrogen) atoms. The Kier molecular flexibility index (Phi) is 5.40. The molecule has 0 spiro atoms. The van der Waals surface area contributed by atoms with Gasteiger partial charge in [0.25, 0.3) is 0 Å². The lowest BCUT2D eigenvalue weighted by atomic mass is 10.4. The monoisotopic (exact) mass is 353 g/mol. The summed E-state index contributed by atoms with van der Waals surface area (Å²) in [6, 6.07) is 1.81. The van der Waals surface area contributed by atoms with Crippen LogP contribution in [0.25, 0.3) is 0 Å². The van der Waals surface area contributed by atoms with Crippen LogP contribution in [0.4, 0.5) is 11.6 Å². The zero-order chi connectivity index (χ0) is 17.9. The van der Waals surface area contributed by atoms with Crippen LogP contribution in [-0.2, 0) is 10.0 Å². The minimum Gasteiger partial charge on any atom is -0.369 e. The third kappa shape index (κ3) is 4.20. The molecule has 0 amide bonds. The summed E-state index contributed by atoms with van der Waals surface area (Å²) in [4.78, 5) is 10.7. The molecule has 2 heterocycles. The number of rotatable bonds is 7. The van der Waals surface area contributed by atoms with Gasteiger partial charge in [-0.3, -0.25) is 5.10 Å². The van der Waals surface area contributed by atoms with Gasteiger partial charge in [0.05, 0.1) is 11.4 Å². The molecule has 0 aliphatic carbocycles. The van der Waals surface area contributed by atoms with Gasteiger partial charge in [0, 0.05) is 33.3 Å². The van der Waals surface area contributed by atoms with Crippen LogP contribution >= 0.6 is 0 Å². The van der Waals surface area contributed by atoms with Gasteiger partial charge < -0.3 is 10.2 Å². The molecule has 0 aliphatic rings. The Morgan fingerprint density at radius 3 is 2.46 bits per heavy atom. The van der Waals surface area contributed by atoms with E-state index in [1.165, 1.54) is 0 Å². The van der Waals surface area contributed by atoms with Crippen LogP contribution in [-0.4, -0.2) is 55.8 Å². The van der Waals surface area contributed by atoms with E-state index < -0.39 is 10.0 Å². The Bertz CT molecular complexity index is 795. The number of nitrogens with zero attached hydrogens (tertiary/aromatic N) is 4. The summed E-state index contributed by atoms with van der Waals surface area (Å²) in [7, 11) is 0.209. The Balaban J connectivity index is 1.96.